The van der Waals surface area contributed by atoms with Gasteiger partial charge in [-0.05, 0) is 6.08 Å². The Bertz CT molecular complexity index is 3840. The van der Waals surface area contributed by atoms with Gasteiger partial charge < -0.3 is 160 Å². The largest absolute Gasteiger partial charge is 1.00 e. The molecule has 6 aliphatic heterocycles. The predicted molar refractivity (Wildman–Crippen MR) is 267 cm³/mol. The van der Waals surface area contributed by atoms with Gasteiger partial charge in [-0.25, -0.2) is 68.4 Å². The minimum atomic E-state index is -6.71. The van der Waals surface area contributed by atoms with Crippen LogP contribution in [-0.4, -0.2) is 347 Å². The first-order valence-corrected chi connectivity index (χ1v) is 35.8. The maximum atomic E-state index is 12.9. The van der Waals surface area contributed by atoms with Crippen LogP contribution in [0.25, 0.3) is 0 Å². The van der Waals surface area contributed by atoms with Crippen molar-refractivity contribution in [1.29, 1.82) is 0 Å². The molecule has 0 spiro atoms. The predicted octanol–water partition coefficient (Wildman–Crippen LogP) is -51.0. The van der Waals surface area contributed by atoms with Crippen molar-refractivity contribution in [3.63, 3.8) is 0 Å². The third-order valence-electron chi connectivity index (χ3n) is 13.9. The molecule has 0 radical (unpaired) electrons. The fourth-order valence-corrected chi connectivity index (χ4v) is 13.1. The molecule has 0 aromatic rings. The van der Waals surface area contributed by atoms with E-state index in [9.17, 15) is 166 Å². The molecule has 110 heavy (non-hydrogen) atoms. The zero-order valence-electron chi connectivity index (χ0n) is 58.3. The van der Waals surface area contributed by atoms with Crippen molar-refractivity contribution in [3.05, 3.63) is 11.8 Å². The molecule has 580 valence electrons. The van der Waals surface area contributed by atoms with E-state index < -0.39 is 294 Å². The SMILES string of the molecule is CC(=O)N[C@H]1[C@@H](O[C@H]2[C@H](O)[C@@H](O)[C@H](O[C@H]3[C@H](OS(=O)(=O)[O-])[C@@H](NS(=O)(=O)[O-])[C@@H](O[C@H]4[C@H](O)[C@@H](OS(=O)(=O)[O-])[C@H](O[C@H]5[C@H](O)[C@@H](NS(=O)(=O)[O-])C(O)O[C@@H]5COS(=O)(=O)[O-])O[C@H]4C(=O)[O-])O[C@@H]3COS(=O)(=O)[O-])O[C@@H]2C(=O)[O-])O[C@H](COS(=O)(=O)[O-])[C@@H](O[C@@H]2OC(C(=O)[O-])=C[C@H](O)[C@H]2O)[C@@H]1O.[Na+].[Na+].[Na+].[Na+].[Na+].[Na+].[Na+].[Na+].[Na+].[Na+]. The summed E-state index contributed by atoms with van der Waals surface area (Å²) in [5.74, 6) is -10.2. The zero-order valence-corrected chi connectivity index (χ0v) is 84.0. The number of carboxylic acids is 3. The summed E-state index contributed by atoms with van der Waals surface area (Å²) in [5.41, 5.74) is 0. The van der Waals surface area contributed by atoms with Gasteiger partial charge in [-0.2, -0.15) is 0 Å². The summed E-state index contributed by atoms with van der Waals surface area (Å²) in [7, 11) is -43.5. The van der Waals surface area contributed by atoms with Gasteiger partial charge in [0.15, 0.2) is 58.2 Å². The standard InChI is InChI=1S/C38H59N3O52S7.10Na/c1-6(42)39-13-17(46)22(85-36-15(44)7(43)2-8(82-36)30(50)51)10(4-79-97(66,67)68)83-34(13)88-25-18(47)19(48)37(90-28(25)31(52)53)87-23-11(5-80-98(69,70)71)84-35(14(41-95(60,61)62)24(23)92-99(72,73)74)89-26-20(49)27(93-100(75,76)77)38(91-29(26)32(54)55)86-21-9(3-78-96(63,64)65)81-33(56)12(16(21)45)40-94(57,58)59;;;;;;;;;;/h2,7,9-29,33-38,40-41,43-49,56H,3-5H2,1H3,(H,39,42)(H,50,51)(H,52,53)(H,54,55)(H,57,58,59)(H,60,61,62)(H,63,64,65)(H,66,67,68)(H,69,70,71)(H,72,73,74)(H,75,76,77);;;;;;;;;;/q;10*+1/p-10/t7-,9+,10+,11+,12+,13+,14+,15+,16+,17+,18+,19+,20-,21+,22+,23+,24+,25-,26-,27+,28-,29+,33?,34+,35+,36-,37+,38+;;;;;;;;;;/m0........../s1. The summed E-state index contributed by atoms with van der Waals surface area (Å²) in [6.45, 7) is -4.92. The van der Waals surface area contributed by atoms with Crippen LogP contribution in [0.2, 0.25) is 0 Å². The number of ether oxygens (including phenoxy) is 11. The number of hydrogen-bond donors (Lipinski definition) is 11. The normalized spacial score (nSPS) is 35.4. The number of aliphatic carboxylic acids is 3. The Kier molecular flexibility index (Phi) is 58.3. The number of rotatable bonds is 31. The summed E-state index contributed by atoms with van der Waals surface area (Å²) in [4.78, 5) is 49.9. The number of hydrogen-bond acceptors (Lipinski definition) is 52. The van der Waals surface area contributed by atoms with Crippen molar-refractivity contribution >= 4 is 96.4 Å². The molecule has 0 bridgehead atoms. The molecule has 0 aromatic heterocycles. The monoisotopic (exact) mass is 1830 g/mol. The second-order valence-electron chi connectivity index (χ2n) is 20.8. The Hall–Kier alpha value is 5.79. The van der Waals surface area contributed by atoms with E-state index in [0.717, 1.165) is 9.44 Å². The van der Waals surface area contributed by atoms with E-state index in [1.54, 1.807) is 0 Å². The van der Waals surface area contributed by atoms with Crippen LogP contribution in [0.5, 0.6) is 0 Å². The van der Waals surface area contributed by atoms with E-state index in [1.165, 1.54) is 0 Å². The fourth-order valence-electron chi connectivity index (χ4n) is 10.0. The van der Waals surface area contributed by atoms with Crippen molar-refractivity contribution in [2.75, 3.05) is 19.8 Å². The minimum absolute atomic E-state index is 0. The summed E-state index contributed by atoms with van der Waals surface area (Å²) >= 11 is 0. The van der Waals surface area contributed by atoms with Crippen LogP contribution < -0.4 is 326 Å². The number of carboxylic acid groups (broad SMARTS) is 3. The Labute approximate surface area is 842 Å². The molecule has 1 amide bonds. The summed E-state index contributed by atoms with van der Waals surface area (Å²) in [5, 5.41) is 128. The molecule has 6 heterocycles. The second-order valence-corrected chi connectivity index (χ2v) is 28.3. The molecular formula is C38H49N3Na10O52S7. The smallest absolute Gasteiger partial charge is 0.735 e. The van der Waals surface area contributed by atoms with Gasteiger partial charge >= 0.3 is 296 Å². The van der Waals surface area contributed by atoms with Crippen molar-refractivity contribution in [2.45, 2.75) is 179 Å². The van der Waals surface area contributed by atoms with Gasteiger partial charge in [0.25, 0.3) is 0 Å². The molecule has 6 rings (SSSR count). The third kappa shape index (κ3) is 37.8. The molecule has 11 N–H and O–H groups in total. The van der Waals surface area contributed by atoms with Crippen molar-refractivity contribution < 1.29 is 535 Å². The Morgan fingerprint density at radius 2 is 0.745 bits per heavy atom. The van der Waals surface area contributed by atoms with Gasteiger partial charge in [0, 0.05) is 6.92 Å². The Morgan fingerprint density at radius 1 is 0.391 bits per heavy atom. The van der Waals surface area contributed by atoms with E-state index in [-0.39, 0.29) is 296 Å². The average molecular weight is 1830 g/mol. The molecule has 0 aromatic carbocycles. The average Bonchev–Trinajstić information content (AvgIpc) is 0.758. The number of aliphatic hydroxyl groups is 8. The maximum Gasteiger partial charge on any atom is 1.00 e. The van der Waals surface area contributed by atoms with Crippen LogP contribution in [0.15, 0.2) is 11.8 Å². The van der Waals surface area contributed by atoms with E-state index in [1.807, 2.05) is 5.32 Å². The second kappa shape index (κ2) is 51.6. The van der Waals surface area contributed by atoms with Crippen LogP contribution in [-0.2, 0) is 165 Å². The quantitative estimate of drug-likeness (QED) is 0.0174. The number of aliphatic hydroxyl groups excluding tert-OH is 8. The molecule has 5 saturated heterocycles. The molecule has 0 saturated carbocycles. The van der Waals surface area contributed by atoms with Gasteiger partial charge in [-0.1, -0.05) is 0 Å². The number of nitrogens with one attached hydrogen (secondary N) is 3. The fraction of sp³-hybridized carbons (Fsp3) is 0.842. The third-order valence-corrected chi connectivity index (χ3v) is 17.2. The van der Waals surface area contributed by atoms with E-state index >= 15 is 0 Å². The van der Waals surface area contributed by atoms with E-state index in [0.29, 0.717) is 13.0 Å². The molecule has 1 unspecified atom stereocenters. The van der Waals surface area contributed by atoms with Gasteiger partial charge in [-0.3, -0.25) is 25.7 Å². The Balaban J connectivity index is -0.00000367. The summed E-state index contributed by atoms with van der Waals surface area (Å²) < 4.78 is 331. The molecule has 55 nitrogen and oxygen atoms in total. The number of carbonyl (C=O) groups is 4. The van der Waals surface area contributed by atoms with Crippen molar-refractivity contribution in [3.8, 4) is 0 Å². The van der Waals surface area contributed by atoms with Gasteiger partial charge in [0.1, 0.15) is 140 Å². The molecule has 28 atom stereocenters. The van der Waals surface area contributed by atoms with Crippen molar-refractivity contribution in [1.82, 2.24) is 14.8 Å². The Morgan fingerprint density at radius 3 is 1.15 bits per heavy atom. The minimum Gasteiger partial charge on any atom is -0.735 e. The van der Waals surface area contributed by atoms with Gasteiger partial charge in [0.2, 0.25) is 64.2 Å². The van der Waals surface area contributed by atoms with E-state index in [2.05, 4.69) is 20.9 Å². The molecular weight excluding hydrogens is 1780 g/mol. The van der Waals surface area contributed by atoms with Gasteiger partial charge in [0.05, 0.1) is 31.8 Å². The van der Waals surface area contributed by atoms with Crippen LogP contribution in [0.1, 0.15) is 6.92 Å². The van der Waals surface area contributed by atoms with Crippen LogP contribution in [0.3, 0.4) is 0 Å². The molecule has 0 aliphatic carbocycles. The topological polar surface area (TPSA) is 883 Å². The van der Waals surface area contributed by atoms with E-state index in [4.69, 9.17) is 52.1 Å². The zero-order chi connectivity index (χ0) is 75.8. The molecule has 5 fully saturated rings. The summed E-state index contributed by atoms with van der Waals surface area (Å²) in [6.07, 6.45) is -73.9. The summed E-state index contributed by atoms with van der Waals surface area (Å²) in [6, 6.07) is -8.52. The first-order chi connectivity index (χ1) is 45.5. The van der Waals surface area contributed by atoms with Crippen LogP contribution >= 0.6 is 0 Å². The first kappa shape index (κ1) is 124. The van der Waals surface area contributed by atoms with Crippen LogP contribution in [0.4, 0.5) is 0 Å². The molecule has 72 heteroatoms. The molecule has 6 aliphatic rings. The van der Waals surface area contributed by atoms with Gasteiger partial charge in [-0.15, -0.1) is 0 Å². The number of amides is 1. The first-order valence-electron chi connectivity index (χ1n) is 26.4. The van der Waals surface area contributed by atoms with Crippen molar-refractivity contribution in [2.24, 2.45) is 0 Å². The number of carbonyl (C=O) groups excluding carboxylic acids is 4. The van der Waals surface area contributed by atoms with Crippen LogP contribution in [0, 0.1) is 0 Å². The maximum absolute atomic E-state index is 12.9.